The molecule has 0 aliphatic rings. The van der Waals surface area contributed by atoms with Gasteiger partial charge in [-0.1, -0.05) is 42.8 Å². The molecule has 0 aliphatic heterocycles. The van der Waals surface area contributed by atoms with Gasteiger partial charge in [-0.25, -0.2) is 0 Å². The van der Waals surface area contributed by atoms with Crippen LogP contribution in [0.25, 0.3) is 0 Å². The maximum atomic E-state index is 9.10. The Balaban J connectivity index is 2.68. The van der Waals surface area contributed by atoms with E-state index >= 15 is 0 Å². The van der Waals surface area contributed by atoms with Gasteiger partial charge in [-0.05, 0) is 30.0 Å². The lowest BCUT2D eigenvalue weighted by atomic mass is 9.88. The van der Waals surface area contributed by atoms with E-state index in [-0.39, 0.29) is 11.5 Å². The quantitative estimate of drug-likeness (QED) is 0.901. The van der Waals surface area contributed by atoms with E-state index in [0.717, 1.165) is 16.6 Å². The Labute approximate surface area is 106 Å². The van der Waals surface area contributed by atoms with Crippen molar-refractivity contribution in [1.82, 2.24) is 0 Å². The second-order valence-corrected chi connectivity index (χ2v) is 6.02. The number of benzene rings is 1. The van der Waals surface area contributed by atoms with E-state index < -0.39 is 0 Å². The highest BCUT2D eigenvalue weighted by Crippen LogP contribution is 2.23. The molecule has 3 heteroatoms. The second kappa shape index (κ2) is 5.36. The zero-order valence-electron chi connectivity index (χ0n) is 9.92. The van der Waals surface area contributed by atoms with Crippen LogP contribution in [0.4, 0.5) is 5.69 Å². The smallest absolute Gasteiger partial charge is 0.114 e. The van der Waals surface area contributed by atoms with Crippen LogP contribution in [0.15, 0.2) is 28.7 Å². The third-order valence-electron chi connectivity index (χ3n) is 2.14. The molecule has 0 aromatic heterocycles. The van der Waals surface area contributed by atoms with Gasteiger partial charge in [0.25, 0.3) is 0 Å². The first-order valence-corrected chi connectivity index (χ1v) is 6.12. The molecule has 1 aromatic rings. The van der Waals surface area contributed by atoms with Gasteiger partial charge in [0.05, 0.1) is 6.07 Å². The molecule has 0 radical (unpaired) electrons. The topological polar surface area (TPSA) is 35.8 Å². The average Bonchev–Trinajstić information content (AvgIpc) is 2.14. The van der Waals surface area contributed by atoms with Crippen LogP contribution in [0.5, 0.6) is 0 Å². The highest BCUT2D eigenvalue weighted by molar-refractivity contribution is 9.10. The molecule has 1 aromatic carbocycles. The Morgan fingerprint density at radius 3 is 2.62 bits per heavy atom. The largest absolute Gasteiger partial charge is 0.370 e. The first-order chi connectivity index (χ1) is 7.40. The van der Waals surface area contributed by atoms with Gasteiger partial charge in [-0.3, -0.25) is 0 Å². The zero-order valence-corrected chi connectivity index (χ0v) is 11.5. The lowest BCUT2D eigenvalue weighted by molar-refractivity contribution is 0.370. The van der Waals surface area contributed by atoms with Crippen molar-refractivity contribution in [2.75, 3.05) is 5.32 Å². The van der Waals surface area contributed by atoms with Gasteiger partial charge >= 0.3 is 0 Å². The first kappa shape index (κ1) is 13.1. The molecule has 2 nitrogen and oxygen atoms in total. The van der Waals surface area contributed by atoms with Crippen LogP contribution < -0.4 is 5.32 Å². The second-order valence-electron chi connectivity index (χ2n) is 5.10. The van der Waals surface area contributed by atoms with Crippen molar-refractivity contribution in [3.63, 3.8) is 0 Å². The summed E-state index contributed by atoms with van der Waals surface area (Å²) in [4.78, 5) is 0. The van der Waals surface area contributed by atoms with Crippen molar-refractivity contribution in [3.05, 3.63) is 28.7 Å². The van der Waals surface area contributed by atoms with E-state index in [0.29, 0.717) is 0 Å². The number of nitrogens with zero attached hydrogens (tertiary/aromatic N) is 1. The lowest BCUT2D eigenvalue weighted by Gasteiger charge is -2.22. The number of hydrogen-bond donors (Lipinski definition) is 1. The molecule has 0 heterocycles. The maximum absolute atomic E-state index is 9.10. The molecule has 1 N–H and O–H groups in total. The third-order valence-corrected chi connectivity index (χ3v) is 2.63. The molecule has 0 saturated heterocycles. The molecule has 0 bridgehead atoms. The molecule has 0 saturated carbocycles. The molecule has 0 fully saturated rings. The van der Waals surface area contributed by atoms with Crippen LogP contribution in [0.3, 0.4) is 0 Å². The highest BCUT2D eigenvalue weighted by Gasteiger charge is 2.18. The minimum absolute atomic E-state index is 0.144. The van der Waals surface area contributed by atoms with Crippen molar-refractivity contribution in [3.8, 4) is 6.07 Å². The summed E-state index contributed by atoms with van der Waals surface area (Å²) < 4.78 is 1.02. The number of halogens is 1. The number of nitrogens with one attached hydrogen (secondary N) is 1. The van der Waals surface area contributed by atoms with Crippen molar-refractivity contribution >= 4 is 21.6 Å². The minimum Gasteiger partial charge on any atom is -0.370 e. The summed E-state index contributed by atoms with van der Waals surface area (Å²) in [5.41, 5.74) is 1.13. The van der Waals surface area contributed by atoms with E-state index in [1.807, 2.05) is 24.3 Å². The zero-order chi connectivity index (χ0) is 12.2. The SMILES string of the molecule is CC(C)(C)CC(C#N)Nc1cccc(Br)c1. The van der Waals surface area contributed by atoms with Gasteiger partial charge in [0.1, 0.15) is 6.04 Å². The molecule has 0 aliphatic carbocycles. The molecule has 86 valence electrons. The summed E-state index contributed by atoms with van der Waals surface area (Å²) in [5.74, 6) is 0. The van der Waals surface area contributed by atoms with E-state index in [1.54, 1.807) is 0 Å². The Morgan fingerprint density at radius 2 is 2.12 bits per heavy atom. The summed E-state index contributed by atoms with van der Waals surface area (Å²) in [5, 5.41) is 12.3. The normalized spacial score (nSPS) is 12.9. The number of rotatable bonds is 3. The lowest BCUT2D eigenvalue weighted by Crippen LogP contribution is -2.24. The van der Waals surface area contributed by atoms with Crippen molar-refractivity contribution in [1.29, 1.82) is 5.26 Å². The van der Waals surface area contributed by atoms with Crippen LogP contribution in [-0.2, 0) is 0 Å². The van der Waals surface area contributed by atoms with Crippen LogP contribution >= 0.6 is 15.9 Å². The fourth-order valence-corrected chi connectivity index (χ4v) is 1.92. The fourth-order valence-electron chi connectivity index (χ4n) is 1.52. The molecular formula is C13H17BrN2. The summed E-state index contributed by atoms with van der Waals surface area (Å²) in [6, 6.07) is 10.0. The van der Waals surface area contributed by atoms with Crippen LogP contribution in [-0.4, -0.2) is 6.04 Å². The number of anilines is 1. The standard InChI is InChI=1S/C13H17BrN2/c1-13(2,3)8-12(9-15)16-11-6-4-5-10(14)7-11/h4-7,12,16H,8H2,1-3H3. The molecule has 0 spiro atoms. The monoisotopic (exact) mass is 280 g/mol. The van der Waals surface area contributed by atoms with E-state index in [2.05, 4.69) is 48.1 Å². The predicted molar refractivity (Wildman–Crippen MR) is 71.2 cm³/mol. The van der Waals surface area contributed by atoms with E-state index in [1.165, 1.54) is 0 Å². The molecule has 1 atom stereocenters. The van der Waals surface area contributed by atoms with Crippen LogP contribution in [0.2, 0.25) is 0 Å². The van der Waals surface area contributed by atoms with Crippen LogP contribution in [0, 0.1) is 16.7 Å². The Hall–Kier alpha value is -1.01. The Morgan fingerprint density at radius 1 is 1.44 bits per heavy atom. The van der Waals surface area contributed by atoms with Gasteiger partial charge in [0.15, 0.2) is 0 Å². The fraction of sp³-hybridized carbons (Fsp3) is 0.462. The van der Waals surface area contributed by atoms with Gasteiger partial charge in [-0.15, -0.1) is 0 Å². The highest BCUT2D eigenvalue weighted by atomic mass is 79.9. The van der Waals surface area contributed by atoms with Crippen molar-refractivity contribution in [2.24, 2.45) is 5.41 Å². The van der Waals surface area contributed by atoms with Gasteiger partial charge in [0.2, 0.25) is 0 Å². The summed E-state index contributed by atoms with van der Waals surface area (Å²) in [7, 11) is 0. The van der Waals surface area contributed by atoms with Crippen molar-refractivity contribution < 1.29 is 0 Å². The Bertz CT molecular complexity index is 388. The third kappa shape index (κ3) is 4.67. The van der Waals surface area contributed by atoms with Crippen molar-refractivity contribution in [2.45, 2.75) is 33.2 Å². The van der Waals surface area contributed by atoms with Gasteiger partial charge in [-0.2, -0.15) is 5.26 Å². The summed E-state index contributed by atoms with van der Waals surface area (Å²) in [6.07, 6.45) is 0.829. The maximum Gasteiger partial charge on any atom is 0.114 e. The molecule has 1 rings (SSSR count). The Kier molecular flexibility index (Phi) is 4.37. The molecular weight excluding hydrogens is 264 g/mol. The number of nitriles is 1. The first-order valence-electron chi connectivity index (χ1n) is 5.32. The van der Waals surface area contributed by atoms with Crippen LogP contribution in [0.1, 0.15) is 27.2 Å². The minimum atomic E-state index is -0.144. The van der Waals surface area contributed by atoms with E-state index in [4.69, 9.17) is 5.26 Å². The van der Waals surface area contributed by atoms with E-state index in [9.17, 15) is 0 Å². The summed E-state index contributed by atoms with van der Waals surface area (Å²) >= 11 is 3.41. The van der Waals surface area contributed by atoms with Gasteiger partial charge < -0.3 is 5.32 Å². The van der Waals surface area contributed by atoms with Gasteiger partial charge in [0, 0.05) is 10.2 Å². The summed E-state index contributed by atoms with van der Waals surface area (Å²) in [6.45, 7) is 6.42. The number of hydrogen-bond acceptors (Lipinski definition) is 2. The molecule has 0 amide bonds. The molecule has 16 heavy (non-hydrogen) atoms. The average molecular weight is 281 g/mol. The predicted octanol–water partition coefficient (Wildman–Crippen LogP) is 4.19. The molecule has 1 unspecified atom stereocenters.